The molecular formula is C10H18N4O2. The SMILES string of the molecule is CCOc1ncnc(NCC(C)(C)O)c1N. The predicted molar refractivity (Wildman–Crippen MR) is 62.4 cm³/mol. The summed E-state index contributed by atoms with van der Waals surface area (Å²) in [7, 11) is 0. The average Bonchev–Trinajstić information content (AvgIpc) is 2.18. The number of ether oxygens (including phenoxy) is 1. The molecule has 1 aromatic heterocycles. The van der Waals surface area contributed by atoms with Gasteiger partial charge in [0, 0.05) is 6.54 Å². The lowest BCUT2D eigenvalue weighted by Gasteiger charge is -2.19. The minimum atomic E-state index is -0.830. The minimum absolute atomic E-state index is 0.347. The zero-order valence-electron chi connectivity index (χ0n) is 9.82. The molecule has 1 rings (SSSR count). The fourth-order valence-electron chi connectivity index (χ4n) is 1.07. The Labute approximate surface area is 94.9 Å². The molecule has 0 saturated heterocycles. The molecule has 0 atom stereocenters. The monoisotopic (exact) mass is 226 g/mol. The maximum absolute atomic E-state index is 9.56. The summed E-state index contributed by atoms with van der Waals surface area (Å²) < 4.78 is 5.23. The second kappa shape index (κ2) is 4.98. The van der Waals surface area contributed by atoms with Gasteiger partial charge in [0.1, 0.15) is 12.0 Å². The standard InChI is InChI=1S/C10H18N4O2/c1-4-16-9-7(11)8(13-6-14-9)12-5-10(2,3)15/h6,15H,4-5,11H2,1-3H3,(H,12,13,14). The van der Waals surface area contributed by atoms with Crippen molar-refractivity contribution in [3.8, 4) is 5.88 Å². The molecular weight excluding hydrogens is 208 g/mol. The average molecular weight is 226 g/mol. The van der Waals surface area contributed by atoms with E-state index in [0.29, 0.717) is 30.5 Å². The van der Waals surface area contributed by atoms with E-state index in [1.807, 2.05) is 6.92 Å². The predicted octanol–water partition coefficient (Wildman–Crippen LogP) is 0.640. The zero-order chi connectivity index (χ0) is 12.2. The first-order valence-corrected chi connectivity index (χ1v) is 5.13. The Balaban J connectivity index is 2.77. The van der Waals surface area contributed by atoms with Crippen LogP contribution in [0.3, 0.4) is 0 Å². The highest BCUT2D eigenvalue weighted by Gasteiger charge is 2.14. The van der Waals surface area contributed by atoms with Crippen LogP contribution in [0.4, 0.5) is 11.5 Å². The minimum Gasteiger partial charge on any atom is -0.476 e. The van der Waals surface area contributed by atoms with E-state index in [9.17, 15) is 5.11 Å². The molecule has 0 saturated carbocycles. The lowest BCUT2D eigenvalue weighted by atomic mass is 10.1. The van der Waals surface area contributed by atoms with Gasteiger partial charge in [0.25, 0.3) is 0 Å². The molecule has 0 aromatic carbocycles. The summed E-state index contributed by atoms with van der Waals surface area (Å²) in [6.07, 6.45) is 1.37. The maximum Gasteiger partial charge on any atom is 0.242 e. The van der Waals surface area contributed by atoms with E-state index in [1.54, 1.807) is 13.8 Å². The van der Waals surface area contributed by atoms with Gasteiger partial charge in [-0.2, -0.15) is 4.98 Å². The summed E-state index contributed by atoms with van der Waals surface area (Å²) in [4.78, 5) is 7.90. The summed E-state index contributed by atoms with van der Waals surface area (Å²) >= 11 is 0. The Morgan fingerprint density at radius 3 is 2.75 bits per heavy atom. The van der Waals surface area contributed by atoms with Crippen molar-refractivity contribution >= 4 is 11.5 Å². The summed E-state index contributed by atoms with van der Waals surface area (Å²) in [6, 6.07) is 0. The number of hydrogen-bond donors (Lipinski definition) is 3. The fourth-order valence-corrected chi connectivity index (χ4v) is 1.07. The third-order valence-electron chi connectivity index (χ3n) is 1.82. The summed E-state index contributed by atoms with van der Waals surface area (Å²) in [5, 5.41) is 12.5. The number of rotatable bonds is 5. The highest BCUT2D eigenvalue weighted by atomic mass is 16.5. The second-order valence-corrected chi connectivity index (χ2v) is 4.04. The van der Waals surface area contributed by atoms with Crippen LogP contribution in [-0.2, 0) is 0 Å². The van der Waals surface area contributed by atoms with E-state index >= 15 is 0 Å². The normalized spacial score (nSPS) is 11.2. The van der Waals surface area contributed by atoms with Crippen LogP contribution in [-0.4, -0.2) is 33.8 Å². The second-order valence-electron chi connectivity index (χ2n) is 4.04. The van der Waals surface area contributed by atoms with Crippen molar-refractivity contribution in [2.75, 3.05) is 24.2 Å². The summed E-state index contributed by atoms with van der Waals surface area (Å²) in [5.41, 5.74) is 5.33. The number of nitrogens with one attached hydrogen (secondary N) is 1. The van der Waals surface area contributed by atoms with Crippen molar-refractivity contribution < 1.29 is 9.84 Å². The van der Waals surface area contributed by atoms with Crippen molar-refractivity contribution in [2.45, 2.75) is 26.4 Å². The third kappa shape index (κ3) is 3.54. The molecule has 16 heavy (non-hydrogen) atoms. The Kier molecular flexibility index (Phi) is 3.89. The number of anilines is 2. The number of aromatic nitrogens is 2. The molecule has 6 heteroatoms. The van der Waals surface area contributed by atoms with Crippen molar-refractivity contribution in [3.05, 3.63) is 6.33 Å². The molecule has 0 aliphatic carbocycles. The smallest absolute Gasteiger partial charge is 0.242 e. The number of nitrogens with two attached hydrogens (primary N) is 1. The molecule has 4 N–H and O–H groups in total. The first-order valence-electron chi connectivity index (χ1n) is 5.13. The van der Waals surface area contributed by atoms with E-state index in [-0.39, 0.29) is 0 Å². The van der Waals surface area contributed by atoms with Crippen LogP contribution < -0.4 is 15.8 Å². The van der Waals surface area contributed by atoms with Crippen LogP contribution in [0.1, 0.15) is 20.8 Å². The van der Waals surface area contributed by atoms with Gasteiger partial charge in [0.05, 0.1) is 12.2 Å². The maximum atomic E-state index is 9.56. The molecule has 0 aliphatic heterocycles. The third-order valence-corrected chi connectivity index (χ3v) is 1.82. The molecule has 6 nitrogen and oxygen atoms in total. The van der Waals surface area contributed by atoms with Gasteiger partial charge in [0.15, 0.2) is 5.82 Å². The molecule has 0 unspecified atom stereocenters. The van der Waals surface area contributed by atoms with Crippen molar-refractivity contribution in [2.24, 2.45) is 0 Å². The largest absolute Gasteiger partial charge is 0.476 e. The summed E-state index contributed by atoms with van der Waals surface area (Å²) in [5.74, 6) is 0.830. The van der Waals surface area contributed by atoms with Gasteiger partial charge in [0.2, 0.25) is 5.88 Å². The van der Waals surface area contributed by atoms with E-state index in [4.69, 9.17) is 10.5 Å². The summed E-state index contributed by atoms with van der Waals surface area (Å²) in [6.45, 7) is 6.08. The molecule has 0 amide bonds. The van der Waals surface area contributed by atoms with Gasteiger partial charge in [-0.05, 0) is 20.8 Å². The van der Waals surface area contributed by atoms with Crippen LogP contribution >= 0.6 is 0 Å². The van der Waals surface area contributed by atoms with Gasteiger partial charge >= 0.3 is 0 Å². The lowest BCUT2D eigenvalue weighted by molar-refractivity contribution is 0.0944. The first-order chi connectivity index (χ1) is 7.44. The van der Waals surface area contributed by atoms with Crippen LogP contribution in [0.5, 0.6) is 5.88 Å². The van der Waals surface area contributed by atoms with Crippen molar-refractivity contribution in [1.82, 2.24) is 9.97 Å². The Hall–Kier alpha value is -1.56. The Morgan fingerprint density at radius 2 is 2.19 bits per heavy atom. The van der Waals surface area contributed by atoms with Crippen LogP contribution in [0, 0.1) is 0 Å². The quantitative estimate of drug-likeness (QED) is 0.682. The first kappa shape index (κ1) is 12.5. The molecule has 0 radical (unpaired) electrons. The number of aliphatic hydroxyl groups is 1. The Morgan fingerprint density at radius 1 is 1.50 bits per heavy atom. The van der Waals surface area contributed by atoms with E-state index in [2.05, 4.69) is 15.3 Å². The fraction of sp³-hybridized carbons (Fsp3) is 0.600. The van der Waals surface area contributed by atoms with Crippen LogP contribution in [0.25, 0.3) is 0 Å². The van der Waals surface area contributed by atoms with E-state index in [0.717, 1.165) is 0 Å². The van der Waals surface area contributed by atoms with Crippen LogP contribution in [0.2, 0.25) is 0 Å². The zero-order valence-corrected chi connectivity index (χ0v) is 9.82. The van der Waals surface area contributed by atoms with Crippen LogP contribution in [0.15, 0.2) is 6.33 Å². The number of hydrogen-bond acceptors (Lipinski definition) is 6. The van der Waals surface area contributed by atoms with Gasteiger partial charge < -0.3 is 20.9 Å². The molecule has 0 spiro atoms. The number of nitrogens with zero attached hydrogens (tertiary/aromatic N) is 2. The van der Waals surface area contributed by atoms with Crippen molar-refractivity contribution in [3.63, 3.8) is 0 Å². The van der Waals surface area contributed by atoms with Gasteiger partial charge in [-0.15, -0.1) is 0 Å². The van der Waals surface area contributed by atoms with Crippen molar-refractivity contribution in [1.29, 1.82) is 0 Å². The van der Waals surface area contributed by atoms with E-state index < -0.39 is 5.60 Å². The van der Waals surface area contributed by atoms with Gasteiger partial charge in [-0.3, -0.25) is 0 Å². The van der Waals surface area contributed by atoms with Gasteiger partial charge in [-0.25, -0.2) is 4.98 Å². The molecule has 90 valence electrons. The highest BCUT2D eigenvalue weighted by Crippen LogP contribution is 2.24. The topological polar surface area (TPSA) is 93.3 Å². The highest BCUT2D eigenvalue weighted by molar-refractivity contribution is 5.66. The molecule has 0 aliphatic rings. The molecule has 0 fully saturated rings. The molecule has 1 heterocycles. The van der Waals surface area contributed by atoms with E-state index in [1.165, 1.54) is 6.33 Å². The van der Waals surface area contributed by atoms with Gasteiger partial charge in [-0.1, -0.05) is 0 Å². The number of nitrogen functional groups attached to an aromatic ring is 1. The molecule has 1 aromatic rings. The Bertz CT molecular complexity index is 349. The molecule has 0 bridgehead atoms. The lowest BCUT2D eigenvalue weighted by Crippen LogP contribution is -2.30.